The fourth-order valence-corrected chi connectivity index (χ4v) is 2.15. The quantitative estimate of drug-likeness (QED) is 0.852. The van der Waals surface area contributed by atoms with Crippen LogP contribution in [0.25, 0.3) is 0 Å². The normalized spacial score (nSPS) is 19.8. The SMILES string of the molecule is O=C(O)C1(c2cc3c(cc2F)OCCO3)CC1. The zero-order chi connectivity index (χ0) is 12.0. The largest absolute Gasteiger partial charge is 0.486 e. The van der Waals surface area contributed by atoms with E-state index in [2.05, 4.69) is 0 Å². The van der Waals surface area contributed by atoms with E-state index in [0.29, 0.717) is 37.6 Å². The van der Waals surface area contributed by atoms with Crippen molar-refractivity contribution in [2.75, 3.05) is 13.2 Å². The Morgan fingerprint density at radius 2 is 1.82 bits per heavy atom. The highest BCUT2D eigenvalue weighted by molar-refractivity contribution is 5.85. The van der Waals surface area contributed by atoms with Crippen LogP contribution in [0.4, 0.5) is 4.39 Å². The maximum atomic E-state index is 13.9. The van der Waals surface area contributed by atoms with E-state index in [-0.39, 0.29) is 5.56 Å². The van der Waals surface area contributed by atoms with Gasteiger partial charge in [-0.15, -0.1) is 0 Å². The van der Waals surface area contributed by atoms with Crippen LogP contribution in [-0.4, -0.2) is 24.3 Å². The Balaban J connectivity index is 2.09. The molecule has 0 spiro atoms. The van der Waals surface area contributed by atoms with E-state index in [1.54, 1.807) is 0 Å². The highest BCUT2D eigenvalue weighted by Gasteiger charge is 2.53. The molecule has 1 saturated carbocycles. The summed E-state index contributed by atoms with van der Waals surface area (Å²) >= 11 is 0. The van der Waals surface area contributed by atoms with Gasteiger partial charge in [-0.1, -0.05) is 0 Å². The van der Waals surface area contributed by atoms with Crippen LogP contribution >= 0.6 is 0 Å². The van der Waals surface area contributed by atoms with Gasteiger partial charge in [0.2, 0.25) is 0 Å². The molecule has 90 valence electrons. The zero-order valence-corrected chi connectivity index (χ0v) is 9.03. The van der Waals surface area contributed by atoms with Crippen molar-refractivity contribution in [3.63, 3.8) is 0 Å². The average Bonchev–Trinajstić information content (AvgIpc) is 3.09. The monoisotopic (exact) mass is 238 g/mol. The summed E-state index contributed by atoms with van der Waals surface area (Å²) in [4.78, 5) is 11.2. The Morgan fingerprint density at radius 1 is 1.24 bits per heavy atom. The van der Waals surface area contributed by atoms with Crippen LogP contribution in [-0.2, 0) is 10.2 Å². The highest BCUT2D eigenvalue weighted by atomic mass is 19.1. The van der Waals surface area contributed by atoms with Gasteiger partial charge in [-0.2, -0.15) is 0 Å². The number of carboxylic acids is 1. The smallest absolute Gasteiger partial charge is 0.314 e. The number of carboxylic acid groups (broad SMARTS) is 1. The molecule has 1 aromatic carbocycles. The molecule has 1 N–H and O–H groups in total. The molecule has 0 aromatic heterocycles. The van der Waals surface area contributed by atoms with E-state index in [1.807, 2.05) is 0 Å². The van der Waals surface area contributed by atoms with Crippen LogP contribution in [0, 0.1) is 5.82 Å². The fourth-order valence-electron chi connectivity index (χ4n) is 2.15. The van der Waals surface area contributed by atoms with Gasteiger partial charge < -0.3 is 14.6 Å². The average molecular weight is 238 g/mol. The maximum Gasteiger partial charge on any atom is 0.314 e. The van der Waals surface area contributed by atoms with Crippen molar-refractivity contribution in [2.24, 2.45) is 0 Å². The van der Waals surface area contributed by atoms with Gasteiger partial charge in [0.25, 0.3) is 0 Å². The molecule has 0 radical (unpaired) electrons. The minimum Gasteiger partial charge on any atom is -0.486 e. The minimum atomic E-state index is -1.06. The van der Waals surface area contributed by atoms with Gasteiger partial charge in [0.15, 0.2) is 11.5 Å². The lowest BCUT2D eigenvalue weighted by Gasteiger charge is -2.21. The standard InChI is InChI=1S/C12H11FO4/c13-8-6-10-9(16-3-4-17-10)5-7(8)12(1-2-12)11(14)15/h5-6H,1-4H2,(H,14,15). The molecule has 1 aliphatic heterocycles. The number of rotatable bonds is 2. The van der Waals surface area contributed by atoms with Crippen LogP contribution in [0.2, 0.25) is 0 Å². The summed E-state index contributed by atoms with van der Waals surface area (Å²) in [6.45, 7) is 0.786. The van der Waals surface area contributed by atoms with E-state index < -0.39 is 17.2 Å². The van der Waals surface area contributed by atoms with Crippen LogP contribution in [0.5, 0.6) is 11.5 Å². The first-order chi connectivity index (χ1) is 8.13. The number of halogens is 1. The van der Waals surface area contributed by atoms with Gasteiger partial charge in [0.05, 0.1) is 5.41 Å². The fraction of sp³-hybridized carbons (Fsp3) is 0.417. The first-order valence-corrected chi connectivity index (χ1v) is 5.46. The molecular weight excluding hydrogens is 227 g/mol. The van der Waals surface area contributed by atoms with E-state index in [9.17, 15) is 9.18 Å². The van der Waals surface area contributed by atoms with Gasteiger partial charge in [0.1, 0.15) is 19.0 Å². The number of ether oxygens (including phenoxy) is 2. The highest BCUT2D eigenvalue weighted by Crippen LogP contribution is 2.51. The molecule has 1 aliphatic carbocycles. The molecule has 3 rings (SSSR count). The Hall–Kier alpha value is -1.78. The van der Waals surface area contributed by atoms with Crippen LogP contribution in [0.1, 0.15) is 18.4 Å². The Morgan fingerprint density at radius 3 is 2.35 bits per heavy atom. The summed E-state index contributed by atoms with van der Waals surface area (Å²) in [6.07, 6.45) is 0.942. The van der Waals surface area contributed by atoms with Crippen molar-refractivity contribution in [3.05, 3.63) is 23.5 Å². The van der Waals surface area contributed by atoms with Crippen molar-refractivity contribution in [1.82, 2.24) is 0 Å². The van der Waals surface area contributed by atoms with Crippen molar-refractivity contribution >= 4 is 5.97 Å². The summed E-state index contributed by atoms with van der Waals surface area (Å²) in [6, 6.07) is 2.68. The second kappa shape index (κ2) is 3.35. The lowest BCUT2D eigenvalue weighted by molar-refractivity contribution is -0.140. The minimum absolute atomic E-state index is 0.203. The summed E-state index contributed by atoms with van der Waals surface area (Å²) < 4.78 is 24.5. The molecule has 1 fully saturated rings. The summed E-state index contributed by atoms with van der Waals surface area (Å²) in [5.74, 6) is -0.735. The molecule has 1 heterocycles. The molecule has 0 saturated heterocycles. The third-order valence-electron chi connectivity index (χ3n) is 3.31. The van der Waals surface area contributed by atoms with Crippen molar-refractivity contribution in [3.8, 4) is 11.5 Å². The van der Waals surface area contributed by atoms with Gasteiger partial charge in [-0.25, -0.2) is 4.39 Å². The maximum absolute atomic E-state index is 13.9. The lowest BCUT2D eigenvalue weighted by atomic mass is 9.95. The first-order valence-electron chi connectivity index (χ1n) is 5.46. The molecule has 0 unspecified atom stereocenters. The molecule has 2 aliphatic rings. The Bertz CT molecular complexity index is 494. The van der Waals surface area contributed by atoms with Crippen molar-refractivity contribution in [1.29, 1.82) is 0 Å². The molecule has 0 bridgehead atoms. The number of aliphatic carboxylic acids is 1. The van der Waals surface area contributed by atoms with Gasteiger partial charge in [-0.05, 0) is 18.9 Å². The van der Waals surface area contributed by atoms with E-state index in [0.717, 1.165) is 0 Å². The number of carbonyl (C=O) groups is 1. The topological polar surface area (TPSA) is 55.8 Å². The third kappa shape index (κ3) is 1.45. The zero-order valence-electron chi connectivity index (χ0n) is 9.03. The molecule has 5 heteroatoms. The second-order valence-electron chi connectivity index (χ2n) is 4.36. The first kappa shape index (κ1) is 10.4. The molecule has 0 amide bonds. The molecule has 17 heavy (non-hydrogen) atoms. The molecule has 1 aromatic rings. The second-order valence-corrected chi connectivity index (χ2v) is 4.36. The lowest BCUT2D eigenvalue weighted by Crippen LogP contribution is -2.22. The van der Waals surface area contributed by atoms with E-state index in [1.165, 1.54) is 12.1 Å². The number of hydrogen-bond donors (Lipinski definition) is 1. The number of fused-ring (bicyclic) bond motifs is 1. The summed E-state index contributed by atoms with van der Waals surface area (Å²) in [5.41, 5.74) is -0.853. The molecule has 4 nitrogen and oxygen atoms in total. The van der Waals surface area contributed by atoms with Gasteiger partial charge in [-0.3, -0.25) is 4.79 Å². The van der Waals surface area contributed by atoms with Crippen LogP contribution in [0.3, 0.4) is 0 Å². The van der Waals surface area contributed by atoms with E-state index >= 15 is 0 Å². The van der Waals surface area contributed by atoms with Crippen molar-refractivity contribution < 1.29 is 23.8 Å². The van der Waals surface area contributed by atoms with Crippen LogP contribution in [0.15, 0.2) is 12.1 Å². The predicted octanol–water partition coefficient (Wildman–Crippen LogP) is 1.71. The number of benzene rings is 1. The van der Waals surface area contributed by atoms with Gasteiger partial charge >= 0.3 is 5.97 Å². The number of hydrogen-bond acceptors (Lipinski definition) is 3. The molecular formula is C12H11FO4. The van der Waals surface area contributed by atoms with E-state index in [4.69, 9.17) is 14.6 Å². The Kier molecular flexibility index (Phi) is 2.05. The summed E-state index contributed by atoms with van der Waals surface area (Å²) in [5, 5.41) is 9.15. The molecule has 0 atom stereocenters. The van der Waals surface area contributed by atoms with Crippen LogP contribution < -0.4 is 9.47 Å². The summed E-state index contributed by atoms with van der Waals surface area (Å²) in [7, 11) is 0. The third-order valence-corrected chi connectivity index (χ3v) is 3.31. The predicted molar refractivity (Wildman–Crippen MR) is 55.9 cm³/mol. The van der Waals surface area contributed by atoms with Crippen molar-refractivity contribution in [2.45, 2.75) is 18.3 Å². The van der Waals surface area contributed by atoms with Gasteiger partial charge in [0, 0.05) is 11.6 Å². The Labute approximate surface area is 97.0 Å².